The number of nitro benzene ring substituents is 1. The van der Waals surface area contributed by atoms with Crippen LogP contribution in [0.3, 0.4) is 0 Å². The van der Waals surface area contributed by atoms with Gasteiger partial charge in [0.15, 0.2) is 6.61 Å². The third-order valence-electron chi connectivity index (χ3n) is 4.92. The molecule has 0 bridgehead atoms. The fourth-order valence-corrected chi connectivity index (χ4v) is 3.25. The van der Waals surface area contributed by atoms with Crippen molar-refractivity contribution in [3.63, 3.8) is 0 Å². The highest BCUT2D eigenvalue weighted by Crippen LogP contribution is 2.23. The van der Waals surface area contributed by atoms with Crippen LogP contribution in [0.5, 0.6) is 0 Å². The van der Waals surface area contributed by atoms with Gasteiger partial charge in [0.05, 0.1) is 17.4 Å². The second-order valence-electron chi connectivity index (χ2n) is 7.22. The molecule has 2 aromatic rings. The number of esters is 1. The van der Waals surface area contributed by atoms with E-state index in [0.717, 1.165) is 17.1 Å². The van der Waals surface area contributed by atoms with Gasteiger partial charge in [-0.15, -0.1) is 0 Å². The van der Waals surface area contributed by atoms with Crippen molar-refractivity contribution in [2.24, 2.45) is 5.92 Å². The van der Waals surface area contributed by atoms with E-state index in [2.05, 4.69) is 10.7 Å². The molecule has 2 aromatic carbocycles. The molecule has 2 N–H and O–H groups in total. The van der Waals surface area contributed by atoms with Gasteiger partial charge in [0.2, 0.25) is 5.91 Å². The van der Waals surface area contributed by atoms with E-state index >= 15 is 0 Å². The van der Waals surface area contributed by atoms with Crippen molar-refractivity contribution < 1.29 is 28.8 Å². The van der Waals surface area contributed by atoms with Crippen molar-refractivity contribution >= 4 is 46.7 Å². The molecule has 12 heteroatoms. The molecule has 0 unspecified atom stereocenters. The van der Waals surface area contributed by atoms with E-state index in [1.807, 2.05) is 0 Å². The van der Waals surface area contributed by atoms with Crippen LogP contribution >= 0.6 is 11.6 Å². The first-order chi connectivity index (χ1) is 15.7. The predicted octanol–water partition coefficient (Wildman–Crippen LogP) is 2.23. The van der Waals surface area contributed by atoms with Crippen LogP contribution in [0, 0.1) is 23.0 Å². The second kappa shape index (κ2) is 10.1. The number of benzene rings is 2. The Labute approximate surface area is 192 Å². The molecule has 33 heavy (non-hydrogen) atoms. The standard InChI is InChI=1S/C21H19ClN4O7/c1-12-16(22)3-2-4-17(12)23-18(27)11-33-21(30)14-9-19(28)25(10-14)24-20(29)13-5-7-15(8-6-13)26(31)32/h2-8,14H,9-11H2,1H3,(H,23,27)(H,24,29)/t14-/m1/s1. The lowest BCUT2D eigenvalue weighted by Gasteiger charge is -2.17. The third kappa shape index (κ3) is 5.83. The van der Waals surface area contributed by atoms with Gasteiger partial charge in [0.1, 0.15) is 0 Å². The molecular weight excluding hydrogens is 456 g/mol. The maximum absolute atomic E-state index is 12.3. The Morgan fingerprint density at radius 2 is 1.91 bits per heavy atom. The van der Waals surface area contributed by atoms with Crippen molar-refractivity contribution in [1.29, 1.82) is 0 Å². The van der Waals surface area contributed by atoms with E-state index in [1.165, 1.54) is 12.1 Å². The highest BCUT2D eigenvalue weighted by molar-refractivity contribution is 6.31. The number of rotatable bonds is 7. The number of anilines is 1. The first-order valence-corrected chi connectivity index (χ1v) is 10.1. The van der Waals surface area contributed by atoms with Crippen LogP contribution in [0.25, 0.3) is 0 Å². The van der Waals surface area contributed by atoms with Gasteiger partial charge in [-0.1, -0.05) is 17.7 Å². The zero-order valence-corrected chi connectivity index (χ0v) is 18.1. The van der Waals surface area contributed by atoms with Gasteiger partial charge in [-0.25, -0.2) is 0 Å². The van der Waals surface area contributed by atoms with Gasteiger partial charge in [-0.05, 0) is 36.8 Å². The van der Waals surface area contributed by atoms with Crippen molar-refractivity contribution in [1.82, 2.24) is 10.4 Å². The van der Waals surface area contributed by atoms with Gasteiger partial charge < -0.3 is 10.1 Å². The average Bonchev–Trinajstić information content (AvgIpc) is 3.15. The summed E-state index contributed by atoms with van der Waals surface area (Å²) in [5.41, 5.74) is 3.44. The number of non-ortho nitro benzene ring substituents is 1. The summed E-state index contributed by atoms with van der Waals surface area (Å²) in [5, 5.41) is 14.7. The van der Waals surface area contributed by atoms with Crippen molar-refractivity contribution in [3.8, 4) is 0 Å². The first kappa shape index (κ1) is 23.7. The summed E-state index contributed by atoms with van der Waals surface area (Å²) in [7, 11) is 0. The lowest BCUT2D eigenvalue weighted by atomic mass is 10.1. The summed E-state index contributed by atoms with van der Waals surface area (Å²) in [6, 6.07) is 9.83. The number of carbonyl (C=O) groups excluding carboxylic acids is 4. The SMILES string of the molecule is Cc1c(Cl)cccc1NC(=O)COC(=O)[C@@H]1CC(=O)N(NC(=O)c2ccc([N+](=O)[O-])cc2)C1. The fraction of sp³-hybridized carbons (Fsp3) is 0.238. The van der Waals surface area contributed by atoms with E-state index < -0.39 is 41.1 Å². The predicted molar refractivity (Wildman–Crippen MR) is 116 cm³/mol. The van der Waals surface area contributed by atoms with E-state index in [4.69, 9.17) is 16.3 Å². The lowest BCUT2D eigenvalue weighted by molar-refractivity contribution is -0.384. The zero-order chi connectivity index (χ0) is 24.1. The molecule has 1 heterocycles. The molecule has 11 nitrogen and oxygen atoms in total. The van der Waals surface area contributed by atoms with Crippen molar-refractivity contribution in [2.75, 3.05) is 18.5 Å². The summed E-state index contributed by atoms with van der Waals surface area (Å²) in [6.07, 6.45) is -0.200. The van der Waals surface area contributed by atoms with Crippen LogP contribution in [-0.2, 0) is 19.1 Å². The molecule has 0 spiro atoms. The van der Waals surface area contributed by atoms with Crippen LogP contribution < -0.4 is 10.7 Å². The van der Waals surface area contributed by atoms with Crippen LogP contribution in [0.4, 0.5) is 11.4 Å². The molecule has 1 fully saturated rings. The van der Waals surface area contributed by atoms with Gasteiger partial charge in [0.25, 0.3) is 17.5 Å². The van der Waals surface area contributed by atoms with Crippen LogP contribution in [0.2, 0.25) is 5.02 Å². The number of nitro groups is 1. The average molecular weight is 475 g/mol. The number of hydrogen-bond acceptors (Lipinski definition) is 7. The number of ether oxygens (including phenoxy) is 1. The molecular formula is C21H19ClN4O7. The Morgan fingerprint density at radius 1 is 1.21 bits per heavy atom. The van der Waals surface area contributed by atoms with E-state index in [1.54, 1.807) is 25.1 Å². The fourth-order valence-electron chi connectivity index (χ4n) is 3.08. The van der Waals surface area contributed by atoms with Gasteiger partial charge in [-0.2, -0.15) is 0 Å². The summed E-state index contributed by atoms with van der Waals surface area (Å²) in [5.74, 6) is -3.36. The monoisotopic (exact) mass is 474 g/mol. The molecule has 1 aliphatic rings. The Bertz CT molecular complexity index is 1120. The van der Waals surface area contributed by atoms with E-state index in [9.17, 15) is 29.3 Å². The molecule has 0 radical (unpaired) electrons. The smallest absolute Gasteiger partial charge is 0.311 e. The summed E-state index contributed by atoms with van der Waals surface area (Å²) in [4.78, 5) is 58.9. The molecule has 3 amide bonds. The minimum Gasteiger partial charge on any atom is -0.455 e. The minimum atomic E-state index is -0.865. The Balaban J connectivity index is 1.50. The van der Waals surface area contributed by atoms with Crippen LogP contribution in [-0.4, -0.2) is 46.8 Å². The Morgan fingerprint density at radius 3 is 2.58 bits per heavy atom. The number of halogens is 1. The van der Waals surface area contributed by atoms with Crippen molar-refractivity contribution in [3.05, 3.63) is 68.7 Å². The number of hydrogen-bond donors (Lipinski definition) is 2. The topological polar surface area (TPSA) is 148 Å². The zero-order valence-electron chi connectivity index (χ0n) is 17.4. The Hall–Kier alpha value is -3.99. The van der Waals surface area contributed by atoms with Gasteiger partial charge in [-0.3, -0.25) is 39.7 Å². The maximum atomic E-state index is 12.3. The number of nitrogens with one attached hydrogen (secondary N) is 2. The highest BCUT2D eigenvalue weighted by atomic mass is 35.5. The summed E-state index contributed by atoms with van der Waals surface area (Å²) >= 11 is 6.00. The highest BCUT2D eigenvalue weighted by Gasteiger charge is 2.36. The van der Waals surface area contributed by atoms with Crippen molar-refractivity contribution in [2.45, 2.75) is 13.3 Å². The van der Waals surface area contributed by atoms with Crippen LogP contribution in [0.1, 0.15) is 22.3 Å². The molecule has 0 aliphatic carbocycles. The molecule has 0 aromatic heterocycles. The summed E-state index contributed by atoms with van der Waals surface area (Å²) in [6.45, 7) is 1.05. The molecule has 1 atom stereocenters. The van der Waals surface area contributed by atoms with E-state index in [0.29, 0.717) is 16.3 Å². The molecule has 1 aliphatic heterocycles. The minimum absolute atomic E-state index is 0.104. The molecule has 172 valence electrons. The number of amides is 3. The lowest BCUT2D eigenvalue weighted by Crippen LogP contribution is -2.43. The number of hydrazine groups is 1. The van der Waals surface area contributed by atoms with E-state index in [-0.39, 0.29) is 24.2 Å². The van der Waals surface area contributed by atoms with Gasteiger partial charge >= 0.3 is 5.97 Å². The maximum Gasteiger partial charge on any atom is 0.311 e. The normalized spacial score (nSPS) is 15.2. The quantitative estimate of drug-likeness (QED) is 0.355. The summed E-state index contributed by atoms with van der Waals surface area (Å²) < 4.78 is 5.01. The van der Waals surface area contributed by atoms with Gasteiger partial charge in [0, 0.05) is 34.8 Å². The molecule has 3 rings (SSSR count). The number of carbonyl (C=O) groups is 4. The second-order valence-corrected chi connectivity index (χ2v) is 7.63. The largest absolute Gasteiger partial charge is 0.455 e. The number of nitrogens with zero attached hydrogens (tertiary/aromatic N) is 2. The third-order valence-corrected chi connectivity index (χ3v) is 5.33. The van der Waals surface area contributed by atoms with Crippen LogP contribution in [0.15, 0.2) is 42.5 Å². The molecule has 1 saturated heterocycles. The Kier molecular flexibility index (Phi) is 7.23. The first-order valence-electron chi connectivity index (χ1n) is 9.73. The molecule has 0 saturated carbocycles.